The van der Waals surface area contributed by atoms with Crippen molar-refractivity contribution in [3.63, 3.8) is 0 Å². The van der Waals surface area contributed by atoms with Crippen molar-refractivity contribution < 1.29 is 19.4 Å². The van der Waals surface area contributed by atoms with Crippen molar-refractivity contribution >= 4 is 34.7 Å². The Hall–Kier alpha value is -3.64. The number of carbonyl (C=O) groups excluding carboxylic acids is 2. The number of rotatable bonds is 5. The number of aryl methyl sites for hydroxylation is 2. The van der Waals surface area contributed by atoms with Crippen LogP contribution in [0.15, 0.2) is 66.5 Å². The van der Waals surface area contributed by atoms with E-state index in [0.29, 0.717) is 23.6 Å². The smallest absolute Gasteiger partial charge is 0.300 e. The second-order valence-corrected chi connectivity index (χ2v) is 8.23. The first-order valence-electron chi connectivity index (χ1n) is 10.5. The van der Waals surface area contributed by atoms with Crippen LogP contribution >= 0.6 is 11.6 Å². The molecule has 0 bridgehead atoms. The Kier molecular flexibility index (Phi) is 6.20. The number of aliphatic hydroxyl groups excluding tert-OH is 1. The fraction of sp³-hybridized carbons (Fsp3) is 0.192. The highest BCUT2D eigenvalue weighted by atomic mass is 35.5. The Bertz CT molecular complexity index is 1270. The predicted octanol–water partition coefficient (Wildman–Crippen LogP) is 5.38. The number of amides is 1. The lowest BCUT2D eigenvalue weighted by molar-refractivity contribution is -0.132. The van der Waals surface area contributed by atoms with Gasteiger partial charge in [0.15, 0.2) is 0 Å². The Morgan fingerprint density at radius 2 is 1.94 bits per heavy atom. The third kappa shape index (κ3) is 4.10. The summed E-state index contributed by atoms with van der Waals surface area (Å²) in [6.45, 7) is 6.05. The normalized spacial score (nSPS) is 17.5. The van der Waals surface area contributed by atoms with Crippen molar-refractivity contribution in [3.8, 4) is 5.75 Å². The maximum atomic E-state index is 13.3. The highest BCUT2D eigenvalue weighted by Crippen LogP contribution is 2.44. The van der Waals surface area contributed by atoms with Crippen LogP contribution in [-0.2, 0) is 9.59 Å². The lowest BCUT2D eigenvalue weighted by Gasteiger charge is -2.27. The molecule has 33 heavy (non-hydrogen) atoms. The number of carbonyl (C=O) groups is 2. The highest BCUT2D eigenvalue weighted by molar-refractivity contribution is 6.52. The molecule has 1 aliphatic rings. The van der Waals surface area contributed by atoms with Gasteiger partial charge in [0.05, 0.1) is 23.2 Å². The van der Waals surface area contributed by atoms with Gasteiger partial charge in [-0.1, -0.05) is 29.8 Å². The third-order valence-electron chi connectivity index (χ3n) is 5.57. The van der Waals surface area contributed by atoms with Gasteiger partial charge in [-0.15, -0.1) is 0 Å². The van der Waals surface area contributed by atoms with E-state index in [1.165, 1.54) is 4.90 Å². The van der Waals surface area contributed by atoms with Gasteiger partial charge < -0.3 is 9.84 Å². The van der Waals surface area contributed by atoms with E-state index >= 15 is 0 Å². The molecule has 7 heteroatoms. The first kappa shape index (κ1) is 22.6. The minimum Gasteiger partial charge on any atom is -0.507 e. The fourth-order valence-electron chi connectivity index (χ4n) is 4.00. The summed E-state index contributed by atoms with van der Waals surface area (Å²) in [6.07, 6.45) is 3.19. The molecule has 1 aliphatic heterocycles. The van der Waals surface area contributed by atoms with Gasteiger partial charge in [-0.05, 0) is 67.8 Å². The molecule has 1 aromatic heterocycles. The van der Waals surface area contributed by atoms with Crippen molar-refractivity contribution in [1.82, 2.24) is 4.98 Å². The SMILES string of the molecule is CCOc1ccc(Cl)c(/C(O)=C2\C(=O)C(=O)N(c3cc(C)ccc3C)C2c2cccnc2)c1. The number of hydrogen-bond donors (Lipinski definition) is 1. The summed E-state index contributed by atoms with van der Waals surface area (Å²) in [5, 5.41) is 11.6. The molecule has 0 aliphatic carbocycles. The number of anilines is 1. The Labute approximate surface area is 197 Å². The number of ketones is 1. The molecule has 0 saturated carbocycles. The van der Waals surface area contributed by atoms with Crippen molar-refractivity contribution in [2.75, 3.05) is 11.5 Å². The Balaban J connectivity index is 1.98. The minimum atomic E-state index is -0.869. The van der Waals surface area contributed by atoms with E-state index in [2.05, 4.69) is 4.98 Å². The molecule has 1 N–H and O–H groups in total. The van der Waals surface area contributed by atoms with Gasteiger partial charge in [0.2, 0.25) is 0 Å². The van der Waals surface area contributed by atoms with Gasteiger partial charge in [0.1, 0.15) is 11.5 Å². The average Bonchev–Trinajstić information content (AvgIpc) is 3.07. The molecule has 0 spiro atoms. The number of hydrogen-bond acceptors (Lipinski definition) is 5. The number of pyridine rings is 1. The summed E-state index contributed by atoms with van der Waals surface area (Å²) >= 11 is 6.37. The number of nitrogens with zero attached hydrogens (tertiary/aromatic N) is 2. The van der Waals surface area contributed by atoms with Gasteiger partial charge in [0.25, 0.3) is 11.7 Å². The standard InChI is InChI=1S/C26H23ClN2O4/c1-4-33-18-9-10-20(27)19(13-18)24(30)22-23(17-6-5-11-28-14-17)29(26(32)25(22)31)21-12-15(2)7-8-16(21)3/h5-14,23,30H,4H2,1-3H3/b24-22+. The number of aromatic nitrogens is 1. The van der Waals surface area contributed by atoms with Crippen LogP contribution in [0, 0.1) is 13.8 Å². The van der Waals surface area contributed by atoms with Gasteiger partial charge in [-0.25, -0.2) is 0 Å². The van der Waals surface area contributed by atoms with Crippen LogP contribution < -0.4 is 9.64 Å². The topological polar surface area (TPSA) is 79.7 Å². The third-order valence-corrected chi connectivity index (χ3v) is 5.90. The molecule has 1 fully saturated rings. The monoisotopic (exact) mass is 462 g/mol. The molecule has 1 atom stereocenters. The molecule has 1 saturated heterocycles. The zero-order valence-corrected chi connectivity index (χ0v) is 19.3. The van der Waals surface area contributed by atoms with Gasteiger partial charge >= 0.3 is 0 Å². The van der Waals surface area contributed by atoms with Gasteiger partial charge in [-0.3, -0.25) is 19.5 Å². The molecular formula is C26H23ClN2O4. The van der Waals surface area contributed by atoms with Crippen LogP contribution in [0.25, 0.3) is 5.76 Å². The molecule has 0 radical (unpaired) electrons. The molecule has 2 heterocycles. The summed E-state index contributed by atoms with van der Waals surface area (Å²) in [5.74, 6) is -1.39. The van der Waals surface area contributed by atoms with Crippen molar-refractivity contribution in [2.45, 2.75) is 26.8 Å². The second-order valence-electron chi connectivity index (χ2n) is 7.82. The summed E-state index contributed by atoms with van der Waals surface area (Å²) in [6, 6.07) is 13.1. The number of benzene rings is 2. The predicted molar refractivity (Wildman–Crippen MR) is 128 cm³/mol. The van der Waals surface area contributed by atoms with Crippen LogP contribution in [0.4, 0.5) is 5.69 Å². The Morgan fingerprint density at radius 3 is 2.64 bits per heavy atom. The maximum Gasteiger partial charge on any atom is 0.300 e. The Morgan fingerprint density at radius 1 is 1.15 bits per heavy atom. The number of ether oxygens (including phenoxy) is 1. The number of halogens is 1. The zero-order chi connectivity index (χ0) is 23.7. The van der Waals surface area contributed by atoms with Crippen LogP contribution in [0.3, 0.4) is 0 Å². The van der Waals surface area contributed by atoms with Crippen LogP contribution in [-0.4, -0.2) is 28.4 Å². The lowest BCUT2D eigenvalue weighted by atomic mass is 9.95. The highest BCUT2D eigenvalue weighted by Gasteiger charge is 2.47. The molecule has 3 aromatic rings. The van der Waals surface area contributed by atoms with E-state index < -0.39 is 17.7 Å². The maximum absolute atomic E-state index is 13.3. The molecule has 1 amide bonds. The van der Waals surface area contributed by atoms with Crippen molar-refractivity contribution in [3.05, 3.63) is 93.8 Å². The molecular weight excluding hydrogens is 440 g/mol. The average molecular weight is 463 g/mol. The summed E-state index contributed by atoms with van der Waals surface area (Å²) in [7, 11) is 0. The summed E-state index contributed by atoms with van der Waals surface area (Å²) in [4.78, 5) is 32.2. The molecule has 1 unspecified atom stereocenters. The first-order chi connectivity index (χ1) is 15.8. The molecule has 2 aromatic carbocycles. The zero-order valence-electron chi connectivity index (χ0n) is 18.5. The molecule has 6 nitrogen and oxygen atoms in total. The van der Waals surface area contributed by atoms with E-state index in [-0.39, 0.29) is 21.9 Å². The number of Topliss-reactive ketones (excluding diaryl/α,β-unsaturated/α-hetero) is 1. The minimum absolute atomic E-state index is 0.0514. The second kappa shape index (κ2) is 9.08. The van der Waals surface area contributed by atoms with Crippen LogP contribution in [0.5, 0.6) is 5.75 Å². The van der Waals surface area contributed by atoms with E-state index in [0.717, 1.165) is 11.1 Å². The lowest BCUT2D eigenvalue weighted by Crippen LogP contribution is -2.30. The van der Waals surface area contributed by atoms with E-state index in [9.17, 15) is 14.7 Å². The van der Waals surface area contributed by atoms with Crippen LogP contribution in [0.1, 0.15) is 35.2 Å². The van der Waals surface area contributed by atoms with Gasteiger partial charge in [-0.2, -0.15) is 0 Å². The van der Waals surface area contributed by atoms with Crippen LogP contribution in [0.2, 0.25) is 5.02 Å². The number of aliphatic hydroxyl groups is 1. The summed E-state index contributed by atoms with van der Waals surface area (Å²) < 4.78 is 5.53. The quantitative estimate of drug-likeness (QED) is 0.313. The van der Waals surface area contributed by atoms with E-state index in [1.807, 2.05) is 39.0 Å². The fourth-order valence-corrected chi connectivity index (χ4v) is 4.21. The van der Waals surface area contributed by atoms with E-state index in [4.69, 9.17) is 16.3 Å². The largest absolute Gasteiger partial charge is 0.507 e. The molecule has 4 rings (SSSR count). The molecule has 168 valence electrons. The van der Waals surface area contributed by atoms with Gasteiger partial charge in [0, 0.05) is 23.6 Å². The summed E-state index contributed by atoms with van der Waals surface area (Å²) in [5.41, 5.74) is 3.12. The first-order valence-corrected chi connectivity index (χ1v) is 10.9. The van der Waals surface area contributed by atoms with Crippen molar-refractivity contribution in [2.24, 2.45) is 0 Å². The van der Waals surface area contributed by atoms with E-state index in [1.54, 1.807) is 42.7 Å². The van der Waals surface area contributed by atoms with Crippen molar-refractivity contribution in [1.29, 1.82) is 0 Å².